The van der Waals surface area contributed by atoms with E-state index in [0.717, 1.165) is 28.5 Å². The van der Waals surface area contributed by atoms with Gasteiger partial charge in [-0.15, -0.1) is 0 Å². The number of imidazole rings is 1. The van der Waals surface area contributed by atoms with Gasteiger partial charge in [-0.05, 0) is 51.3 Å². The molecule has 150 valence electrons. The lowest BCUT2D eigenvalue weighted by Gasteiger charge is -2.20. The summed E-state index contributed by atoms with van der Waals surface area (Å²) in [5.74, 6) is 1.67. The largest absolute Gasteiger partial charge is 0.363 e. The highest BCUT2D eigenvalue weighted by Gasteiger charge is 2.30. The lowest BCUT2D eigenvalue weighted by Crippen LogP contribution is -2.25. The van der Waals surface area contributed by atoms with Crippen molar-refractivity contribution < 1.29 is 4.79 Å². The Morgan fingerprint density at radius 2 is 2.00 bits per heavy atom. The van der Waals surface area contributed by atoms with Gasteiger partial charge in [-0.3, -0.25) is 9.20 Å². The van der Waals surface area contributed by atoms with Crippen molar-refractivity contribution >= 4 is 17.4 Å². The van der Waals surface area contributed by atoms with Crippen LogP contribution in [-0.4, -0.2) is 25.2 Å². The monoisotopic (exact) mass is 389 g/mol. The van der Waals surface area contributed by atoms with E-state index < -0.39 is 0 Å². The number of rotatable bonds is 4. The fraction of sp³-hybridized carbons (Fsp3) is 0.348. The van der Waals surface area contributed by atoms with E-state index in [0.29, 0.717) is 18.7 Å². The van der Waals surface area contributed by atoms with Gasteiger partial charge in [0.25, 0.3) is 0 Å². The molecule has 3 heterocycles. The summed E-state index contributed by atoms with van der Waals surface area (Å²) in [7, 11) is 0. The first kappa shape index (κ1) is 19.2. The molecule has 0 saturated carbocycles. The molecule has 0 radical (unpaired) electrons. The highest BCUT2D eigenvalue weighted by atomic mass is 16.2. The van der Waals surface area contributed by atoms with Crippen molar-refractivity contribution in [1.29, 1.82) is 0 Å². The van der Waals surface area contributed by atoms with Crippen LogP contribution in [0.2, 0.25) is 0 Å². The smallest absolute Gasteiger partial charge is 0.249 e. The van der Waals surface area contributed by atoms with E-state index in [1.54, 1.807) is 13.1 Å². The Morgan fingerprint density at radius 1 is 1.24 bits per heavy atom. The summed E-state index contributed by atoms with van der Waals surface area (Å²) in [4.78, 5) is 23.7. The topological polar surface area (TPSA) is 62.5 Å². The molecule has 1 N–H and O–H groups in total. The minimum Gasteiger partial charge on any atom is -0.363 e. The second kappa shape index (κ2) is 7.03. The molecule has 29 heavy (non-hydrogen) atoms. The van der Waals surface area contributed by atoms with Crippen LogP contribution in [0, 0.1) is 20.8 Å². The zero-order valence-electron chi connectivity index (χ0n) is 17.7. The molecule has 4 rings (SSSR count). The molecule has 0 spiro atoms. The number of fused-ring (bicyclic) bond motifs is 3. The number of aryl methyl sites for hydroxylation is 2. The molecule has 0 aliphatic carbocycles. The molecule has 2 aromatic heterocycles. The molecule has 1 aromatic carbocycles. The van der Waals surface area contributed by atoms with Gasteiger partial charge in [0.1, 0.15) is 11.6 Å². The van der Waals surface area contributed by atoms with Crippen molar-refractivity contribution in [2.45, 2.75) is 53.8 Å². The number of nitrogens with zero attached hydrogens (tertiary/aromatic N) is 4. The number of hydrogen-bond donors (Lipinski definition) is 1. The third-order valence-electron chi connectivity index (χ3n) is 5.86. The van der Waals surface area contributed by atoms with E-state index in [2.05, 4.69) is 60.3 Å². The molecule has 1 amide bonds. The number of carbonyl (C=O) groups is 1. The number of aromatic nitrogens is 3. The van der Waals surface area contributed by atoms with Gasteiger partial charge in [-0.25, -0.2) is 9.97 Å². The molecule has 3 aromatic rings. The molecular weight excluding hydrogens is 362 g/mol. The Kier molecular flexibility index (Phi) is 4.65. The summed E-state index contributed by atoms with van der Waals surface area (Å²) in [5.41, 5.74) is 7.25. The second-order valence-corrected chi connectivity index (χ2v) is 7.98. The summed E-state index contributed by atoms with van der Waals surface area (Å²) in [6.07, 6.45) is 1.78. The Bertz CT molecular complexity index is 1140. The van der Waals surface area contributed by atoms with E-state index in [9.17, 15) is 4.79 Å². The van der Waals surface area contributed by atoms with Crippen LogP contribution >= 0.6 is 0 Å². The summed E-state index contributed by atoms with van der Waals surface area (Å²) in [6, 6.07) is 6.45. The zero-order chi connectivity index (χ0) is 20.9. The average Bonchev–Trinajstić information content (AvgIpc) is 3.27. The van der Waals surface area contributed by atoms with E-state index in [1.807, 2.05) is 11.8 Å². The van der Waals surface area contributed by atoms with Crippen molar-refractivity contribution in [3.05, 3.63) is 70.3 Å². The second-order valence-electron chi connectivity index (χ2n) is 7.98. The standard InChI is InChI=1S/C23H27N5O/c1-13(2)23(29)27-11-19-20(12-27)28-17(6)24-10-21(28)26-22(19)25-16(5)18-9-7-8-14(3)15(18)4/h7-10,16H,1,11-12H2,2-6H3,(H,25,26). The van der Waals surface area contributed by atoms with Crippen molar-refractivity contribution in [3.63, 3.8) is 0 Å². The van der Waals surface area contributed by atoms with Gasteiger partial charge >= 0.3 is 0 Å². The van der Waals surface area contributed by atoms with Gasteiger partial charge < -0.3 is 10.2 Å². The lowest BCUT2D eigenvalue weighted by molar-refractivity contribution is -0.127. The number of benzene rings is 1. The van der Waals surface area contributed by atoms with Crippen molar-refractivity contribution in [2.24, 2.45) is 0 Å². The van der Waals surface area contributed by atoms with E-state index in [4.69, 9.17) is 4.98 Å². The maximum absolute atomic E-state index is 12.6. The van der Waals surface area contributed by atoms with Crippen molar-refractivity contribution in [2.75, 3.05) is 5.32 Å². The van der Waals surface area contributed by atoms with Crippen LogP contribution < -0.4 is 5.32 Å². The van der Waals surface area contributed by atoms with Gasteiger partial charge in [0.2, 0.25) is 5.91 Å². The van der Waals surface area contributed by atoms with E-state index in [-0.39, 0.29) is 11.9 Å². The number of nitrogens with one attached hydrogen (secondary N) is 1. The van der Waals surface area contributed by atoms with E-state index >= 15 is 0 Å². The Balaban J connectivity index is 1.77. The Morgan fingerprint density at radius 3 is 2.72 bits per heavy atom. The molecule has 6 heteroatoms. The van der Waals surface area contributed by atoms with Gasteiger partial charge in [0, 0.05) is 11.1 Å². The molecule has 6 nitrogen and oxygen atoms in total. The van der Waals surface area contributed by atoms with Crippen LogP contribution in [0.25, 0.3) is 5.65 Å². The van der Waals surface area contributed by atoms with Crippen LogP contribution in [-0.2, 0) is 17.9 Å². The minimum atomic E-state index is -0.0272. The average molecular weight is 390 g/mol. The van der Waals surface area contributed by atoms with Crippen LogP contribution in [0.5, 0.6) is 0 Å². The highest BCUT2D eigenvalue weighted by Crippen LogP contribution is 2.33. The molecule has 0 bridgehead atoms. The molecule has 1 unspecified atom stereocenters. The third kappa shape index (κ3) is 3.18. The van der Waals surface area contributed by atoms with Gasteiger partial charge in [-0.2, -0.15) is 0 Å². The predicted octanol–water partition coefficient (Wildman–Crippen LogP) is 4.25. The normalized spacial score (nSPS) is 14.2. The summed E-state index contributed by atoms with van der Waals surface area (Å²) >= 11 is 0. The summed E-state index contributed by atoms with van der Waals surface area (Å²) in [5, 5.41) is 3.60. The molecule has 1 atom stereocenters. The van der Waals surface area contributed by atoms with Gasteiger partial charge in [-0.1, -0.05) is 24.8 Å². The SMILES string of the molecule is C=C(C)C(=O)N1Cc2c(NC(C)c3cccc(C)c3C)nc3cnc(C)n3c2C1. The number of hydrogen-bond acceptors (Lipinski definition) is 4. The highest BCUT2D eigenvalue weighted by molar-refractivity contribution is 5.92. The van der Waals surface area contributed by atoms with Crippen LogP contribution in [0.4, 0.5) is 5.82 Å². The summed E-state index contributed by atoms with van der Waals surface area (Å²) < 4.78 is 2.05. The quantitative estimate of drug-likeness (QED) is 0.678. The Labute approximate surface area is 171 Å². The lowest BCUT2D eigenvalue weighted by atomic mass is 9.98. The van der Waals surface area contributed by atoms with Gasteiger partial charge in [0.05, 0.1) is 31.0 Å². The van der Waals surface area contributed by atoms with Crippen LogP contribution in [0.3, 0.4) is 0 Å². The Hall–Kier alpha value is -3.15. The van der Waals surface area contributed by atoms with Crippen molar-refractivity contribution in [3.8, 4) is 0 Å². The molecule has 0 fully saturated rings. The fourth-order valence-corrected chi connectivity index (χ4v) is 4.12. The van der Waals surface area contributed by atoms with Crippen LogP contribution in [0.15, 0.2) is 36.5 Å². The number of carbonyl (C=O) groups excluding carboxylic acids is 1. The first-order valence-electron chi connectivity index (χ1n) is 9.91. The maximum Gasteiger partial charge on any atom is 0.249 e. The van der Waals surface area contributed by atoms with E-state index in [1.165, 1.54) is 16.7 Å². The molecular formula is C23H27N5O. The molecule has 1 aliphatic heterocycles. The first-order chi connectivity index (χ1) is 13.8. The fourth-order valence-electron chi connectivity index (χ4n) is 4.12. The minimum absolute atomic E-state index is 0.0272. The number of anilines is 1. The maximum atomic E-state index is 12.6. The van der Waals surface area contributed by atoms with Crippen LogP contribution in [0.1, 0.15) is 53.7 Å². The van der Waals surface area contributed by atoms with Gasteiger partial charge in [0.15, 0.2) is 5.65 Å². The predicted molar refractivity (Wildman–Crippen MR) is 115 cm³/mol. The van der Waals surface area contributed by atoms with Crippen molar-refractivity contribution in [1.82, 2.24) is 19.3 Å². The first-order valence-corrected chi connectivity index (χ1v) is 9.91. The molecule has 1 aliphatic rings. The zero-order valence-corrected chi connectivity index (χ0v) is 17.7. The molecule has 0 saturated heterocycles. The third-order valence-corrected chi connectivity index (χ3v) is 5.86. The summed E-state index contributed by atoms with van der Waals surface area (Å²) in [6.45, 7) is 15.0. The number of amides is 1.